The van der Waals surface area contributed by atoms with Gasteiger partial charge in [0.1, 0.15) is 6.42 Å². The highest BCUT2D eigenvalue weighted by Gasteiger charge is 2.06. The highest BCUT2D eigenvalue weighted by Crippen LogP contribution is 1.99. The van der Waals surface area contributed by atoms with Crippen molar-refractivity contribution in [2.24, 2.45) is 0 Å². The minimum absolute atomic E-state index is 0.180. The van der Waals surface area contributed by atoms with Crippen molar-refractivity contribution in [2.45, 2.75) is 13.3 Å². The smallest absolute Gasteiger partial charge is 0.313 e. The van der Waals surface area contributed by atoms with Gasteiger partial charge in [-0.05, 0) is 13.0 Å². The molecule has 0 saturated carbocycles. The summed E-state index contributed by atoms with van der Waals surface area (Å²) in [5, 5.41) is 0.639. The monoisotopic (exact) mass is 234 g/mol. The maximum atomic E-state index is 11.0. The normalized spacial score (nSPS) is 11.1. The summed E-state index contributed by atoms with van der Waals surface area (Å²) >= 11 is 3.19. The summed E-state index contributed by atoms with van der Waals surface area (Å²) in [7, 11) is 1.26. The molecular formula is C8H11BrO3. The molecule has 0 aliphatic heterocycles. The maximum absolute atomic E-state index is 11.0. The Bertz CT molecular complexity index is 208. The number of esters is 1. The van der Waals surface area contributed by atoms with Crippen molar-refractivity contribution in [1.82, 2.24) is 0 Å². The van der Waals surface area contributed by atoms with E-state index in [0.29, 0.717) is 5.33 Å². The summed E-state index contributed by atoms with van der Waals surface area (Å²) in [5.41, 5.74) is 0.893. The van der Waals surface area contributed by atoms with Gasteiger partial charge in [0.05, 0.1) is 7.11 Å². The van der Waals surface area contributed by atoms with Gasteiger partial charge >= 0.3 is 5.97 Å². The molecule has 3 nitrogen and oxygen atoms in total. The molecule has 0 spiro atoms. The topological polar surface area (TPSA) is 43.4 Å². The van der Waals surface area contributed by atoms with Gasteiger partial charge in [0.15, 0.2) is 5.78 Å². The minimum atomic E-state index is -0.501. The lowest BCUT2D eigenvalue weighted by Crippen LogP contribution is -2.07. The number of ketones is 1. The molecule has 0 saturated heterocycles. The molecule has 68 valence electrons. The van der Waals surface area contributed by atoms with E-state index in [0.717, 1.165) is 5.57 Å². The van der Waals surface area contributed by atoms with Crippen LogP contribution < -0.4 is 0 Å². The van der Waals surface area contributed by atoms with Gasteiger partial charge in [-0.2, -0.15) is 0 Å². The van der Waals surface area contributed by atoms with Crippen molar-refractivity contribution >= 4 is 27.7 Å². The minimum Gasteiger partial charge on any atom is -0.469 e. The van der Waals surface area contributed by atoms with E-state index in [1.54, 1.807) is 0 Å². The van der Waals surface area contributed by atoms with Gasteiger partial charge in [0.25, 0.3) is 0 Å². The Balaban J connectivity index is 3.98. The van der Waals surface area contributed by atoms with Crippen LogP contribution in [0.3, 0.4) is 0 Å². The summed E-state index contributed by atoms with van der Waals surface area (Å²) in [6.07, 6.45) is 1.26. The Morgan fingerprint density at radius 3 is 2.50 bits per heavy atom. The number of carbonyl (C=O) groups excluding carboxylic acids is 2. The molecule has 0 aromatic rings. The number of rotatable bonds is 4. The molecule has 0 amide bonds. The summed E-state index contributed by atoms with van der Waals surface area (Å²) in [5.74, 6) is -0.725. The molecule has 0 unspecified atom stereocenters. The Morgan fingerprint density at radius 2 is 2.08 bits per heavy atom. The molecule has 4 heteroatoms. The SMILES string of the molecule is COC(=O)CC(=O)C=C(C)CBr. The molecule has 0 radical (unpaired) electrons. The van der Waals surface area contributed by atoms with Crippen molar-refractivity contribution < 1.29 is 14.3 Å². The molecule has 0 aromatic carbocycles. The van der Waals surface area contributed by atoms with E-state index in [4.69, 9.17) is 0 Å². The van der Waals surface area contributed by atoms with Gasteiger partial charge in [-0.1, -0.05) is 21.5 Å². The van der Waals surface area contributed by atoms with Crippen LogP contribution in [-0.2, 0) is 14.3 Å². The third-order valence-electron chi connectivity index (χ3n) is 1.16. The zero-order chi connectivity index (χ0) is 9.56. The fraction of sp³-hybridized carbons (Fsp3) is 0.500. The van der Waals surface area contributed by atoms with E-state index in [2.05, 4.69) is 20.7 Å². The predicted octanol–water partition coefficient (Wildman–Crippen LogP) is 1.46. The number of allylic oxidation sites excluding steroid dienone is 2. The molecule has 0 heterocycles. The predicted molar refractivity (Wildman–Crippen MR) is 49.2 cm³/mol. The van der Waals surface area contributed by atoms with Crippen molar-refractivity contribution in [1.29, 1.82) is 0 Å². The summed E-state index contributed by atoms with van der Waals surface area (Å²) < 4.78 is 4.34. The third-order valence-corrected chi connectivity index (χ3v) is 2.05. The quantitative estimate of drug-likeness (QED) is 0.320. The Labute approximate surface area is 79.9 Å². The first-order valence-corrected chi connectivity index (χ1v) is 4.55. The molecule has 0 aromatic heterocycles. The van der Waals surface area contributed by atoms with Crippen LogP contribution in [0.15, 0.2) is 11.6 Å². The molecule has 12 heavy (non-hydrogen) atoms. The first-order chi connectivity index (χ1) is 5.60. The van der Waals surface area contributed by atoms with Crippen LogP contribution in [0.1, 0.15) is 13.3 Å². The van der Waals surface area contributed by atoms with Crippen LogP contribution in [0.5, 0.6) is 0 Å². The van der Waals surface area contributed by atoms with Gasteiger partial charge < -0.3 is 4.74 Å². The van der Waals surface area contributed by atoms with E-state index < -0.39 is 5.97 Å². The second-order valence-corrected chi connectivity index (χ2v) is 2.90. The lowest BCUT2D eigenvalue weighted by Gasteiger charge is -1.95. The van der Waals surface area contributed by atoms with Gasteiger partial charge in [-0.3, -0.25) is 9.59 Å². The van der Waals surface area contributed by atoms with Gasteiger partial charge in [-0.15, -0.1) is 0 Å². The largest absolute Gasteiger partial charge is 0.469 e. The fourth-order valence-electron chi connectivity index (χ4n) is 0.579. The van der Waals surface area contributed by atoms with Gasteiger partial charge in [0.2, 0.25) is 0 Å². The highest BCUT2D eigenvalue weighted by molar-refractivity contribution is 9.09. The molecule has 0 aliphatic rings. The Hall–Kier alpha value is -0.640. The van der Waals surface area contributed by atoms with E-state index >= 15 is 0 Å². The summed E-state index contributed by atoms with van der Waals surface area (Å²) in [4.78, 5) is 21.6. The van der Waals surface area contributed by atoms with Crippen LogP contribution in [0, 0.1) is 0 Å². The molecule has 0 N–H and O–H groups in total. The zero-order valence-electron chi connectivity index (χ0n) is 7.09. The van der Waals surface area contributed by atoms with Crippen LogP contribution >= 0.6 is 15.9 Å². The molecule has 0 aliphatic carbocycles. The number of ether oxygens (including phenoxy) is 1. The van der Waals surface area contributed by atoms with Crippen LogP contribution in [0.2, 0.25) is 0 Å². The summed E-state index contributed by atoms with van der Waals surface area (Å²) in [6, 6.07) is 0. The Kier molecular flexibility index (Phi) is 5.62. The van der Waals surface area contributed by atoms with Crippen molar-refractivity contribution in [3.63, 3.8) is 0 Å². The summed E-state index contributed by atoms with van der Waals surface area (Å²) in [6.45, 7) is 1.81. The van der Waals surface area contributed by atoms with Crippen molar-refractivity contribution in [2.75, 3.05) is 12.4 Å². The molecule has 0 atom stereocenters. The average molecular weight is 235 g/mol. The van der Waals surface area contributed by atoms with Crippen LogP contribution in [0.25, 0.3) is 0 Å². The molecule has 0 fully saturated rings. The standard InChI is InChI=1S/C8H11BrO3/c1-6(5-9)3-7(10)4-8(11)12-2/h3H,4-5H2,1-2H3. The van der Waals surface area contributed by atoms with Crippen LogP contribution in [-0.4, -0.2) is 24.2 Å². The zero-order valence-corrected chi connectivity index (χ0v) is 8.68. The number of hydrogen-bond acceptors (Lipinski definition) is 3. The number of carbonyl (C=O) groups is 2. The van der Waals surface area contributed by atoms with Gasteiger partial charge in [0, 0.05) is 5.33 Å². The van der Waals surface area contributed by atoms with Crippen molar-refractivity contribution in [3.8, 4) is 0 Å². The van der Waals surface area contributed by atoms with E-state index in [1.165, 1.54) is 13.2 Å². The lowest BCUT2D eigenvalue weighted by atomic mass is 10.2. The van der Waals surface area contributed by atoms with Crippen molar-refractivity contribution in [3.05, 3.63) is 11.6 Å². The van der Waals surface area contributed by atoms with Crippen LogP contribution in [0.4, 0.5) is 0 Å². The fourth-order valence-corrected chi connectivity index (χ4v) is 0.741. The number of hydrogen-bond donors (Lipinski definition) is 0. The maximum Gasteiger partial charge on any atom is 0.313 e. The first kappa shape index (κ1) is 11.4. The third kappa shape index (κ3) is 5.07. The molecular weight excluding hydrogens is 224 g/mol. The average Bonchev–Trinajstić information content (AvgIpc) is 2.03. The van der Waals surface area contributed by atoms with E-state index in [1.807, 2.05) is 6.92 Å². The number of halogens is 1. The first-order valence-electron chi connectivity index (χ1n) is 3.43. The second-order valence-electron chi connectivity index (χ2n) is 2.34. The lowest BCUT2D eigenvalue weighted by molar-refractivity contribution is -0.142. The highest BCUT2D eigenvalue weighted by atomic mass is 79.9. The van der Waals surface area contributed by atoms with E-state index in [-0.39, 0.29) is 12.2 Å². The molecule has 0 bridgehead atoms. The number of alkyl halides is 1. The number of methoxy groups -OCH3 is 1. The Morgan fingerprint density at radius 1 is 1.50 bits per heavy atom. The molecule has 0 rings (SSSR count). The second kappa shape index (κ2) is 5.94. The van der Waals surface area contributed by atoms with Gasteiger partial charge in [-0.25, -0.2) is 0 Å². The van der Waals surface area contributed by atoms with E-state index in [9.17, 15) is 9.59 Å².